The minimum absolute atomic E-state index is 0.412. The van der Waals surface area contributed by atoms with Gasteiger partial charge in [-0.05, 0) is 13.3 Å². The van der Waals surface area contributed by atoms with Gasteiger partial charge >= 0.3 is 11.9 Å². The summed E-state index contributed by atoms with van der Waals surface area (Å²) >= 11 is 0. The SMILES string of the molecule is C#COOC1C(CC)OC(C)C(OC(C)=O)C1OC(C)=O. The van der Waals surface area contributed by atoms with Crippen molar-refractivity contribution < 1.29 is 33.6 Å². The highest BCUT2D eigenvalue weighted by atomic mass is 17.2. The van der Waals surface area contributed by atoms with Crippen LogP contribution in [0.2, 0.25) is 0 Å². The maximum atomic E-state index is 11.3. The standard InChI is InChI=1S/C14H20O7/c1-6-11-13(21-17-7-2)14(20-10(5)16)12(8(3)18-11)19-9(4)15/h2,8,11-14H,6H2,1,3-5H3. The van der Waals surface area contributed by atoms with Crippen molar-refractivity contribution in [3.05, 3.63) is 0 Å². The number of rotatable bonds is 5. The van der Waals surface area contributed by atoms with E-state index in [-0.39, 0.29) is 0 Å². The monoisotopic (exact) mass is 300 g/mol. The smallest absolute Gasteiger partial charge is 0.303 e. The molecule has 0 bridgehead atoms. The third kappa shape index (κ3) is 4.62. The maximum absolute atomic E-state index is 11.3. The lowest BCUT2D eigenvalue weighted by atomic mass is 9.94. The fourth-order valence-electron chi connectivity index (χ4n) is 2.31. The van der Waals surface area contributed by atoms with Gasteiger partial charge in [0, 0.05) is 13.8 Å². The molecule has 1 saturated heterocycles. The predicted molar refractivity (Wildman–Crippen MR) is 70.5 cm³/mol. The van der Waals surface area contributed by atoms with E-state index in [0.29, 0.717) is 6.42 Å². The average Bonchev–Trinajstić information content (AvgIpc) is 2.40. The minimum atomic E-state index is -0.867. The summed E-state index contributed by atoms with van der Waals surface area (Å²) in [7, 11) is 0. The Bertz CT molecular complexity index is 414. The van der Waals surface area contributed by atoms with Crippen molar-refractivity contribution in [1.29, 1.82) is 0 Å². The predicted octanol–water partition coefficient (Wildman–Crippen LogP) is 0.955. The second-order valence-electron chi connectivity index (χ2n) is 4.70. The molecule has 5 unspecified atom stereocenters. The molecule has 1 aliphatic heterocycles. The summed E-state index contributed by atoms with van der Waals surface area (Å²) in [6.45, 7) is 6.12. The molecule has 0 N–H and O–H groups in total. The minimum Gasteiger partial charge on any atom is -0.456 e. The molecule has 118 valence electrons. The molecular weight excluding hydrogens is 280 g/mol. The summed E-state index contributed by atoms with van der Waals surface area (Å²) in [6.07, 6.45) is 4.10. The van der Waals surface area contributed by atoms with Gasteiger partial charge in [-0.2, -0.15) is 4.89 Å². The van der Waals surface area contributed by atoms with Crippen LogP contribution in [-0.4, -0.2) is 42.5 Å². The fraction of sp³-hybridized carbons (Fsp3) is 0.714. The highest BCUT2D eigenvalue weighted by molar-refractivity contribution is 5.67. The number of terminal acetylenes is 1. The van der Waals surface area contributed by atoms with Crippen LogP contribution in [0.4, 0.5) is 0 Å². The van der Waals surface area contributed by atoms with Crippen molar-refractivity contribution in [2.45, 2.75) is 64.6 Å². The van der Waals surface area contributed by atoms with E-state index in [2.05, 4.69) is 4.89 Å². The molecule has 0 amide bonds. The topological polar surface area (TPSA) is 80.3 Å². The van der Waals surface area contributed by atoms with Gasteiger partial charge in [0.25, 0.3) is 0 Å². The van der Waals surface area contributed by atoms with Gasteiger partial charge in [0.2, 0.25) is 0 Å². The van der Waals surface area contributed by atoms with Crippen LogP contribution in [0.3, 0.4) is 0 Å². The first-order valence-corrected chi connectivity index (χ1v) is 6.68. The fourth-order valence-corrected chi connectivity index (χ4v) is 2.31. The van der Waals surface area contributed by atoms with Crippen molar-refractivity contribution in [3.63, 3.8) is 0 Å². The molecule has 5 atom stereocenters. The van der Waals surface area contributed by atoms with Gasteiger partial charge in [-0.1, -0.05) is 13.3 Å². The van der Waals surface area contributed by atoms with Crippen molar-refractivity contribution in [1.82, 2.24) is 0 Å². The van der Waals surface area contributed by atoms with Crippen molar-refractivity contribution in [3.8, 4) is 12.5 Å². The molecular formula is C14H20O7. The number of hydrogen-bond acceptors (Lipinski definition) is 7. The van der Waals surface area contributed by atoms with Gasteiger partial charge in [0.1, 0.15) is 0 Å². The number of carbonyl (C=O) groups is 2. The van der Waals surface area contributed by atoms with Crippen LogP contribution < -0.4 is 0 Å². The zero-order valence-corrected chi connectivity index (χ0v) is 12.5. The van der Waals surface area contributed by atoms with Gasteiger partial charge in [-0.25, -0.2) is 0 Å². The van der Waals surface area contributed by atoms with E-state index >= 15 is 0 Å². The average molecular weight is 300 g/mol. The summed E-state index contributed by atoms with van der Waals surface area (Å²) < 4.78 is 16.2. The Morgan fingerprint density at radius 1 is 1.14 bits per heavy atom. The summed E-state index contributed by atoms with van der Waals surface area (Å²) in [6, 6.07) is 0. The lowest BCUT2D eigenvalue weighted by Gasteiger charge is -2.42. The van der Waals surface area contributed by atoms with Gasteiger partial charge in [-0.15, -0.1) is 0 Å². The van der Waals surface area contributed by atoms with Crippen LogP contribution in [0.1, 0.15) is 34.1 Å². The molecule has 0 radical (unpaired) electrons. The van der Waals surface area contributed by atoms with Gasteiger partial charge in [0.15, 0.2) is 24.4 Å². The van der Waals surface area contributed by atoms with Crippen molar-refractivity contribution in [2.24, 2.45) is 0 Å². The zero-order chi connectivity index (χ0) is 16.0. The Morgan fingerprint density at radius 3 is 2.19 bits per heavy atom. The third-order valence-electron chi connectivity index (χ3n) is 3.08. The molecule has 7 heteroatoms. The molecule has 1 aliphatic rings. The molecule has 0 aromatic rings. The Labute approximate surface area is 123 Å². The Hall–Kier alpha value is -1.78. The lowest BCUT2D eigenvalue weighted by molar-refractivity contribution is -0.345. The van der Waals surface area contributed by atoms with Crippen molar-refractivity contribution in [2.75, 3.05) is 0 Å². The highest BCUT2D eigenvalue weighted by Crippen LogP contribution is 2.29. The molecule has 1 heterocycles. The molecule has 0 aromatic carbocycles. The van der Waals surface area contributed by atoms with E-state index in [1.807, 2.05) is 13.0 Å². The number of carbonyl (C=O) groups excluding carboxylic acids is 2. The van der Waals surface area contributed by atoms with E-state index < -0.39 is 42.5 Å². The van der Waals surface area contributed by atoms with E-state index in [4.69, 9.17) is 25.5 Å². The first kappa shape index (κ1) is 17.3. The largest absolute Gasteiger partial charge is 0.456 e. The van der Waals surface area contributed by atoms with E-state index in [1.54, 1.807) is 6.92 Å². The Kier molecular flexibility index (Phi) is 6.46. The molecule has 0 spiro atoms. The van der Waals surface area contributed by atoms with Crippen LogP contribution in [0.25, 0.3) is 0 Å². The molecule has 0 aromatic heterocycles. The van der Waals surface area contributed by atoms with Crippen LogP contribution in [0.15, 0.2) is 0 Å². The lowest BCUT2D eigenvalue weighted by Crippen LogP contribution is -2.59. The van der Waals surface area contributed by atoms with Crippen LogP contribution in [0, 0.1) is 12.5 Å². The Morgan fingerprint density at radius 2 is 1.71 bits per heavy atom. The van der Waals surface area contributed by atoms with E-state index in [9.17, 15) is 9.59 Å². The number of hydrogen-bond donors (Lipinski definition) is 0. The van der Waals surface area contributed by atoms with Gasteiger partial charge in [0.05, 0.1) is 12.2 Å². The molecule has 1 fully saturated rings. The highest BCUT2D eigenvalue weighted by Gasteiger charge is 2.49. The maximum Gasteiger partial charge on any atom is 0.303 e. The quantitative estimate of drug-likeness (QED) is 0.324. The van der Waals surface area contributed by atoms with Crippen LogP contribution in [-0.2, 0) is 33.6 Å². The summed E-state index contributed by atoms with van der Waals surface area (Å²) in [5.41, 5.74) is 0. The zero-order valence-electron chi connectivity index (χ0n) is 12.5. The second kappa shape index (κ2) is 7.86. The van der Waals surface area contributed by atoms with E-state index in [1.165, 1.54) is 13.8 Å². The van der Waals surface area contributed by atoms with Crippen molar-refractivity contribution >= 4 is 11.9 Å². The first-order chi connectivity index (χ1) is 9.90. The molecule has 0 saturated carbocycles. The second-order valence-corrected chi connectivity index (χ2v) is 4.70. The Balaban J connectivity index is 3.02. The molecule has 7 nitrogen and oxygen atoms in total. The summed E-state index contributed by atoms with van der Waals surface area (Å²) in [4.78, 5) is 32.2. The molecule has 1 rings (SSSR count). The number of esters is 2. The van der Waals surface area contributed by atoms with E-state index in [0.717, 1.165) is 0 Å². The molecule has 0 aliphatic carbocycles. The summed E-state index contributed by atoms with van der Waals surface area (Å²) in [5.74, 6) is -1.05. The normalized spacial score (nSPS) is 31.9. The van der Waals surface area contributed by atoms with Gasteiger partial charge < -0.3 is 14.2 Å². The summed E-state index contributed by atoms with van der Waals surface area (Å²) in [5, 5.41) is 0. The van der Waals surface area contributed by atoms with Crippen LogP contribution >= 0.6 is 0 Å². The van der Waals surface area contributed by atoms with Crippen LogP contribution in [0.5, 0.6) is 0 Å². The third-order valence-corrected chi connectivity index (χ3v) is 3.08. The first-order valence-electron chi connectivity index (χ1n) is 6.68. The number of ether oxygens (including phenoxy) is 3. The molecule has 21 heavy (non-hydrogen) atoms. The van der Waals surface area contributed by atoms with Gasteiger partial charge in [-0.3, -0.25) is 14.5 Å².